The van der Waals surface area contributed by atoms with Crippen LogP contribution in [0.2, 0.25) is 0 Å². The first-order valence-electron chi connectivity index (χ1n) is 14.1. The maximum absolute atomic E-state index is 13.8. The zero-order valence-corrected chi connectivity index (χ0v) is 25.1. The lowest BCUT2D eigenvalue weighted by atomic mass is 10.1. The van der Waals surface area contributed by atoms with Crippen molar-refractivity contribution in [2.24, 2.45) is 5.92 Å². The molecule has 1 aliphatic carbocycles. The number of hydrogen-bond acceptors (Lipinski definition) is 9. The van der Waals surface area contributed by atoms with Gasteiger partial charge in [0.2, 0.25) is 5.89 Å². The quantitative estimate of drug-likeness (QED) is 0.406. The number of oxazole rings is 1. The van der Waals surface area contributed by atoms with Gasteiger partial charge in [-0.25, -0.2) is 14.6 Å². The van der Waals surface area contributed by atoms with E-state index in [0.29, 0.717) is 18.1 Å². The predicted octanol–water partition coefficient (Wildman–Crippen LogP) is 5.23. The average Bonchev–Trinajstić information content (AvgIpc) is 3.65. The van der Waals surface area contributed by atoms with Crippen molar-refractivity contribution < 1.29 is 46.5 Å². The van der Waals surface area contributed by atoms with Gasteiger partial charge in [-0.1, -0.05) is 0 Å². The zero-order chi connectivity index (χ0) is 31.5. The summed E-state index contributed by atoms with van der Waals surface area (Å²) >= 11 is 0. The number of benzene rings is 1. The van der Waals surface area contributed by atoms with Crippen molar-refractivity contribution in [1.29, 1.82) is 0 Å². The third kappa shape index (κ3) is 8.26. The van der Waals surface area contributed by atoms with E-state index in [0.717, 1.165) is 12.8 Å². The summed E-state index contributed by atoms with van der Waals surface area (Å²) in [5, 5.41) is 2.67. The van der Waals surface area contributed by atoms with E-state index < -0.39 is 36.3 Å². The fourth-order valence-electron chi connectivity index (χ4n) is 4.57. The van der Waals surface area contributed by atoms with Gasteiger partial charge in [0.1, 0.15) is 5.60 Å². The van der Waals surface area contributed by atoms with Gasteiger partial charge >= 0.3 is 18.8 Å². The van der Waals surface area contributed by atoms with Crippen LogP contribution in [0.3, 0.4) is 0 Å². The van der Waals surface area contributed by atoms with Gasteiger partial charge in [0.25, 0.3) is 5.91 Å². The number of hydrogen-bond donors (Lipinski definition) is 1. The van der Waals surface area contributed by atoms with Gasteiger partial charge in [0.05, 0.1) is 19.8 Å². The molecule has 0 bridgehead atoms. The summed E-state index contributed by atoms with van der Waals surface area (Å²) in [5.74, 6) is -0.0889. The van der Waals surface area contributed by atoms with E-state index in [2.05, 4.69) is 15.0 Å². The molecule has 0 spiro atoms. The third-order valence-corrected chi connectivity index (χ3v) is 6.88. The lowest BCUT2D eigenvalue weighted by Crippen LogP contribution is -2.55. The van der Waals surface area contributed by atoms with Gasteiger partial charge in [-0.05, 0) is 71.6 Å². The normalized spacial score (nSPS) is 17.8. The molecule has 236 valence electrons. The number of amides is 3. The van der Waals surface area contributed by atoms with Crippen molar-refractivity contribution in [1.82, 2.24) is 20.1 Å². The molecule has 0 radical (unpaired) electrons. The standard InChI is InChI=1S/C29H38F2N4O8/c1-16-14-34(11-12-35(16)28(38)39-6)25(36)22-23(17(2)32-27(37)43-29(3,4)5)42-24(33-22)19-9-10-20(41-26(30)31)21(13-19)40-15-18-7-8-18/h9-10,13,16-18,26H,7-8,11-12,14-15H2,1-6H3,(H,32,37)/t16-,17+/m1/s1. The number of aromatic nitrogens is 1. The fraction of sp³-hybridized carbons (Fsp3) is 0.586. The summed E-state index contributed by atoms with van der Waals surface area (Å²) in [6.07, 6.45) is 0.780. The van der Waals surface area contributed by atoms with Crippen molar-refractivity contribution in [3.05, 3.63) is 29.7 Å². The molecule has 0 unspecified atom stereocenters. The van der Waals surface area contributed by atoms with E-state index >= 15 is 0 Å². The lowest BCUT2D eigenvalue weighted by Gasteiger charge is -2.38. The second-order valence-corrected chi connectivity index (χ2v) is 11.7. The number of rotatable bonds is 9. The molecule has 1 aromatic carbocycles. The van der Waals surface area contributed by atoms with Gasteiger partial charge in [-0.2, -0.15) is 8.78 Å². The summed E-state index contributed by atoms with van der Waals surface area (Å²) in [7, 11) is 1.30. The topological polar surface area (TPSA) is 133 Å². The van der Waals surface area contributed by atoms with Gasteiger partial charge in [0.15, 0.2) is 23.0 Å². The number of nitrogens with zero attached hydrogens (tertiary/aromatic N) is 3. The Kier molecular flexibility index (Phi) is 9.65. The van der Waals surface area contributed by atoms with Crippen LogP contribution in [0.15, 0.2) is 22.6 Å². The van der Waals surface area contributed by atoms with Gasteiger partial charge < -0.3 is 38.5 Å². The maximum atomic E-state index is 13.8. The smallest absolute Gasteiger partial charge is 0.409 e. The van der Waals surface area contributed by atoms with E-state index in [-0.39, 0.29) is 54.5 Å². The molecule has 1 N–H and O–H groups in total. The Morgan fingerprint density at radius 2 is 1.88 bits per heavy atom. The van der Waals surface area contributed by atoms with E-state index in [1.165, 1.54) is 30.2 Å². The molecule has 14 heteroatoms. The van der Waals surface area contributed by atoms with Crippen molar-refractivity contribution in [2.45, 2.75) is 71.8 Å². The first-order valence-corrected chi connectivity index (χ1v) is 14.1. The highest BCUT2D eigenvalue weighted by atomic mass is 19.3. The highest BCUT2D eigenvalue weighted by Crippen LogP contribution is 2.37. The first kappa shape index (κ1) is 31.8. The minimum atomic E-state index is -3.05. The molecule has 2 heterocycles. The Balaban J connectivity index is 1.66. The second kappa shape index (κ2) is 13.0. The largest absolute Gasteiger partial charge is 0.489 e. The third-order valence-electron chi connectivity index (χ3n) is 6.88. The molecule has 2 fully saturated rings. The molecule has 1 saturated carbocycles. The van der Waals surface area contributed by atoms with Crippen LogP contribution < -0.4 is 14.8 Å². The molecular formula is C29H38F2N4O8. The van der Waals surface area contributed by atoms with Crippen LogP contribution in [-0.2, 0) is 9.47 Å². The van der Waals surface area contributed by atoms with Crippen LogP contribution in [0, 0.1) is 5.92 Å². The second-order valence-electron chi connectivity index (χ2n) is 11.7. The molecule has 1 aliphatic heterocycles. The number of carbonyl (C=O) groups excluding carboxylic acids is 3. The Labute approximate surface area is 248 Å². The molecular weight excluding hydrogens is 570 g/mol. The lowest BCUT2D eigenvalue weighted by molar-refractivity contribution is -0.0515. The van der Waals surface area contributed by atoms with Crippen molar-refractivity contribution >= 4 is 18.1 Å². The van der Waals surface area contributed by atoms with Crippen molar-refractivity contribution in [2.75, 3.05) is 33.4 Å². The molecule has 2 aliphatic rings. The van der Waals surface area contributed by atoms with Crippen molar-refractivity contribution in [3.63, 3.8) is 0 Å². The molecule has 2 atom stereocenters. The van der Waals surface area contributed by atoms with Crippen LogP contribution in [0.4, 0.5) is 18.4 Å². The number of methoxy groups -OCH3 is 1. The summed E-state index contributed by atoms with van der Waals surface area (Å²) in [4.78, 5) is 46.0. The molecule has 12 nitrogen and oxygen atoms in total. The Bertz CT molecular complexity index is 1320. The number of piperazine rings is 1. The van der Waals surface area contributed by atoms with Gasteiger partial charge in [0, 0.05) is 31.2 Å². The SMILES string of the molecule is COC(=O)N1CCN(C(=O)c2nc(-c3ccc(OC(F)F)c(OCC4CC4)c3)oc2[C@H](C)NC(=O)OC(C)(C)C)C[C@H]1C. The summed E-state index contributed by atoms with van der Waals surface area (Å²) in [6.45, 7) is 6.54. The molecule has 1 aromatic heterocycles. The highest BCUT2D eigenvalue weighted by Gasteiger charge is 2.35. The Morgan fingerprint density at radius 3 is 2.49 bits per heavy atom. The molecule has 2 aromatic rings. The Morgan fingerprint density at radius 1 is 1.16 bits per heavy atom. The molecule has 1 saturated heterocycles. The Hall–Kier alpha value is -4.10. The minimum Gasteiger partial charge on any atom is -0.489 e. The average molecular weight is 609 g/mol. The number of ether oxygens (including phenoxy) is 4. The number of nitrogens with one attached hydrogen (secondary N) is 1. The summed E-state index contributed by atoms with van der Waals surface area (Å²) < 4.78 is 52.8. The van der Waals surface area contributed by atoms with Crippen LogP contribution in [0.1, 0.15) is 69.8 Å². The number of alkyl halides is 2. The van der Waals surface area contributed by atoms with E-state index in [9.17, 15) is 23.2 Å². The van der Waals surface area contributed by atoms with Crippen LogP contribution in [0.5, 0.6) is 11.5 Å². The fourth-order valence-corrected chi connectivity index (χ4v) is 4.57. The van der Waals surface area contributed by atoms with E-state index in [1.54, 1.807) is 39.5 Å². The van der Waals surface area contributed by atoms with Crippen molar-refractivity contribution in [3.8, 4) is 23.0 Å². The van der Waals surface area contributed by atoms with E-state index in [4.69, 9.17) is 18.6 Å². The van der Waals surface area contributed by atoms with E-state index in [1.807, 2.05) is 0 Å². The van der Waals surface area contributed by atoms with Crippen LogP contribution in [-0.4, -0.2) is 84.5 Å². The van der Waals surface area contributed by atoms with Gasteiger partial charge in [-0.3, -0.25) is 4.79 Å². The number of carbonyl (C=O) groups is 3. The van der Waals surface area contributed by atoms with Gasteiger partial charge in [-0.15, -0.1) is 0 Å². The summed E-state index contributed by atoms with van der Waals surface area (Å²) in [5.41, 5.74) is -0.463. The highest BCUT2D eigenvalue weighted by molar-refractivity contribution is 5.94. The predicted molar refractivity (Wildman–Crippen MR) is 149 cm³/mol. The molecule has 4 rings (SSSR count). The number of halogens is 2. The first-order chi connectivity index (χ1) is 20.3. The van der Waals surface area contributed by atoms with Crippen LogP contribution >= 0.6 is 0 Å². The maximum Gasteiger partial charge on any atom is 0.409 e. The summed E-state index contributed by atoms with van der Waals surface area (Å²) in [6, 6.07) is 3.09. The molecule has 3 amide bonds. The zero-order valence-electron chi connectivity index (χ0n) is 25.1. The minimum absolute atomic E-state index is 0.0114. The monoisotopic (exact) mass is 608 g/mol. The molecule has 43 heavy (non-hydrogen) atoms. The number of alkyl carbamates (subject to hydrolysis) is 1. The van der Waals surface area contributed by atoms with Crippen LogP contribution in [0.25, 0.3) is 11.5 Å².